The minimum Gasteiger partial charge on any atom is -0.381 e. The Kier molecular flexibility index (Phi) is 9.11. The molecule has 0 spiro atoms. The SMILES string of the molecule is CC(NC(=O)C(N)C1CCOCC1)c1ccc(NC(=O)Nc2ccccc2)cc1.Cl. The summed E-state index contributed by atoms with van der Waals surface area (Å²) in [6.07, 6.45) is 1.63. The first-order valence-electron chi connectivity index (χ1n) is 9.89. The lowest BCUT2D eigenvalue weighted by molar-refractivity contribution is -0.125. The van der Waals surface area contributed by atoms with E-state index in [0.29, 0.717) is 18.9 Å². The number of ether oxygens (including phenoxy) is 1. The van der Waals surface area contributed by atoms with Gasteiger partial charge in [-0.05, 0) is 55.5 Å². The van der Waals surface area contributed by atoms with Crippen LogP contribution in [0, 0.1) is 5.92 Å². The molecular weight excluding hydrogens is 404 g/mol. The number of carbonyl (C=O) groups excluding carboxylic acids is 2. The topological polar surface area (TPSA) is 105 Å². The van der Waals surface area contributed by atoms with Crippen molar-refractivity contribution in [2.75, 3.05) is 23.8 Å². The standard InChI is InChI=1S/C22H28N4O3.ClH/c1-15(24-21(27)20(23)17-11-13-29-14-12-17)16-7-9-19(10-8-16)26-22(28)25-18-5-3-2-4-6-18;/h2-10,15,17,20H,11-14,23H2,1H3,(H,24,27)(H2,25,26,28);1H. The summed E-state index contributed by atoms with van der Waals surface area (Å²) in [7, 11) is 0. The number of hydrogen-bond acceptors (Lipinski definition) is 4. The smallest absolute Gasteiger partial charge is 0.323 e. The van der Waals surface area contributed by atoms with Gasteiger partial charge in [0.05, 0.1) is 12.1 Å². The minimum absolute atomic E-state index is 0. The molecule has 2 aromatic carbocycles. The highest BCUT2D eigenvalue weighted by Gasteiger charge is 2.27. The molecule has 2 unspecified atom stereocenters. The number of amides is 3. The molecule has 0 saturated carbocycles. The number of anilines is 2. The maximum atomic E-state index is 12.5. The van der Waals surface area contributed by atoms with Crippen LogP contribution in [0.5, 0.6) is 0 Å². The molecule has 2 aromatic rings. The number of nitrogens with one attached hydrogen (secondary N) is 3. The fourth-order valence-corrected chi connectivity index (χ4v) is 3.35. The van der Waals surface area contributed by atoms with Crippen molar-refractivity contribution >= 4 is 35.7 Å². The Bertz CT molecular complexity index is 811. The lowest BCUT2D eigenvalue weighted by Gasteiger charge is -2.28. The van der Waals surface area contributed by atoms with Crippen molar-refractivity contribution in [1.82, 2.24) is 5.32 Å². The minimum atomic E-state index is -0.524. The van der Waals surface area contributed by atoms with E-state index in [2.05, 4.69) is 16.0 Å². The predicted octanol–water partition coefficient (Wildman–Crippen LogP) is 3.68. The highest BCUT2D eigenvalue weighted by molar-refractivity contribution is 5.99. The summed E-state index contributed by atoms with van der Waals surface area (Å²) in [4.78, 5) is 24.5. The second-order valence-corrected chi connectivity index (χ2v) is 7.27. The van der Waals surface area contributed by atoms with Crippen molar-refractivity contribution in [3.8, 4) is 0 Å². The van der Waals surface area contributed by atoms with Crippen molar-refractivity contribution in [2.24, 2.45) is 11.7 Å². The van der Waals surface area contributed by atoms with Gasteiger partial charge in [-0.1, -0.05) is 30.3 Å². The quantitative estimate of drug-likeness (QED) is 0.558. The van der Waals surface area contributed by atoms with Gasteiger partial charge in [-0.2, -0.15) is 0 Å². The van der Waals surface area contributed by atoms with E-state index in [1.807, 2.05) is 49.4 Å². The van der Waals surface area contributed by atoms with Crippen LogP contribution >= 0.6 is 12.4 Å². The Morgan fingerprint density at radius 3 is 2.13 bits per heavy atom. The van der Waals surface area contributed by atoms with Crippen molar-refractivity contribution in [1.29, 1.82) is 0 Å². The fraction of sp³-hybridized carbons (Fsp3) is 0.364. The molecule has 1 heterocycles. The fourth-order valence-electron chi connectivity index (χ4n) is 3.35. The molecule has 3 amide bonds. The first-order valence-corrected chi connectivity index (χ1v) is 9.89. The summed E-state index contributed by atoms with van der Waals surface area (Å²) >= 11 is 0. The average molecular weight is 433 g/mol. The molecule has 0 radical (unpaired) electrons. The maximum absolute atomic E-state index is 12.5. The number of halogens is 1. The number of rotatable bonds is 6. The number of benzene rings is 2. The number of urea groups is 1. The highest BCUT2D eigenvalue weighted by Crippen LogP contribution is 2.20. The van der Waals surface area contributed by atoms with E-state index in [1.54, 1.807) is 12.1 Å². The molecule has 7 nitrogen and oxygen atoms in total. The molecule has 8 heteroatoms. The third kappa shape index (κ3) is 6.73. The van der Waals surface area contributed by atoms with Gasteiger partial charge in [0.1, 0.15) is 0 Å². The van der Waals surface area contributed by atoms with Gasteiger partial charge >= 0.3 is 6.03 Å². The van der Waals surface area contributed by atoms with Crippen molar-refractivity contribution in [3.05, 3.63) is 60.2 Å². The van der Waals surface area contributed by atoms with Crippen molar-refractivity contribution in [2.45, 2.75) is 31.8 Å². The first-order chi connectivity index (χ1) is 14.0. The highest BCUT2D eigenvalue weighted by atomic mass is 35.5. The van der Waals surface area contributed by atoms with Crippen LogP contribution in [0.2, 0.25) is 0 Å². The van der Waals surface area contributed by atoms with Crippen molar-refractivity contribution < 1.29 is 14.3 Å². The van der Waals surface area contributed by atoms with Crippen LogP contribution in [-0.2, 0) is 9.53 Å². The predicted molar refractivity (Wildman–Crippen MR) is 121 cm³/mol. The third-order valence-electron chi connectivity index (χ3n) is 5.14. The van der Waals surface area contributed by atoms with Gasteiger partial charge in [-0.3, -0.25) is 4.79 Å². The Morgan fingerprint density at radius 1 is 0.967 bits per heavy atom. The summed E-state index contributed by atoms with van der Waals surface area (Å²) in [6, 6.07) is 15.6. The molecule has 0 aliphatic carbocycles. The third-order valence-corrected chi connectivity index (χ3v) is 5.14. The number of carbonyl (C=O) groups is 2. The lowest BCUT2D eigenvalue weighted by atomic mass is 9.91. The van der Waals surface area contributed by atoms with Crippen LogP contribution in [0.1, 0.15) is 31.4 Å². The number of nitrogens with two attached hydrogens (primary N) is 1. The number of para-hydroxylation sites is 1. The summed E-state index contributed by atoms with van der Waals surface area (Å²) in [5, 5.41) is 8.54. The van der Waals surface area contributed by atoms with Gasteiger partial charge in [0.2, 0.25) is 5.91 Å². The molecule has 30 heavy (non-hydrogen) atoms. The summed E-state index contributed by atoms with van der Waals surface area (Å²) in [5.41, 5.74) is 8.46. The summed E-state index contributed by atoms with van der Waals surface area (Å²) < 4.78 is 5.33. The van der Waals surface area contributed by atoms with Crippen LogP contribution in [0.3, 0.4) is 0 Å². The van der Waals surface area contributed by atoms with E-state index in [4.69, 9.17) is 10.5 Å². The molecule has 5 N–H and O–H groups in total. The molecule has 3 rings (SSSR count). The van der Waals surface area contributed by atoms with E-state index >= 15 is 0 Å². The van der Waals surface area contributed by atoms with E-state index < -0.39 is 6.04 Å². The Labute approximate surface area is 183 Å². The summed E-state index contributed by atoms with van der Waals surface area (Å²) in [5.74, 6) is 0.0134. The van der Waals surface area contributed by atoms with Gasteiger partial charge in [-0.25, -0.2) is 4.79 Å². The Hall–Kier alpha value is -2.61. The molecule has 1 fully saturated rings. The zero-order valence-corrected chi connectivity index (χ0v) is 17.8. The zero-order valence-electron chi connectivity index (χ0n) is 17.0. The van der Waals surface area contributed by atoms with Crippen LogP contribution in [0.4, 0.5) is 16.2 Å². The lowest BCUT2D eigenvalue weighted by Crippen LogP contribution is -2.47. The zero-order chi connectivity index (χ0) is 20.6. The second-order valence-electron chi connectivity index (χ2n) is 7.27. The molecule has 0 aromatic heterocycles. The molecule has 1 aliphatic rings. The normalized spacial score (nSPS) is 15.9. The Morgan fingerprint density at radius 2 is 1.53 bits per heavy atom. The van der Waals surface area contributed by atoms with Crippen molar-refractivity contribution in [3.63, 3.8) is 0 Å². The first kappa shape index (κ1) is 23.7. The van der Waals surface area contributed by atoms with E-state index in [0.717, 1.165) is 24.1 Å². The summed E-state index contributed by atoms with van der Waals surface area (Å²) in [6.45, 7) is 3.24. The maximum Gasteiger partial charge on any atom is 0.323 e. The van der Waals surface area contributed by atoms with E-state index in [9.17, 15) is 9.59 Å². The molecule has 0 bridgehead atoms. The number of hydrogen-bond donors (Lipinski definition) is 4. The Balaban J connectivity index is 0.00000320. The molecule has 1 saturated heterocycles. The molecule has 162 valence electrons. The average Bonchev–Trinajstić information content (AvgIpc) is 2.75. The van der Waals surface area contributed by atoms with E-state index in [1.165, 1.54) is 0 Å². The van der Waals surface area contributed by atoms with Gasteiger partial charge < -0.3 is 26.4 Å². The van der Waals surface area contributed by atoms with Crippen LogP contribution in [-0.4, -0.2) is 31.2 Å². The monoisotopic (exact) mass is 432 g/mol. The van der Waals surface area contributed by atoms with Crippen LogP contribution < -0.4 is 21.7 Å². The van der Waals surface area contributed by atoms with Crippen LogP contribution in [0.15, 0.2) is 54.6 Å². The largest absolute Gasteiger partial charge is 0.381 e. The van der Waals surface area contributed by atoms with Crippen LogP contribution in [0.25, 0.3) is 0 Å². The van der Waals surface area contributed by atoms with Gasteiger partial charge in [0.15, 0.2) is 0 Å². The van der Waals surface area contributed by atoms with E-state index in [-0.39, 0.29) is 36.3 Å². The molecule has 2 atom stereocenters. The van der Waals surface area contributed by atoms with Gasteiger partial charge in [-0.15, -0.1) is 12.4 Å². The molecular formula is C22H29ClN4O3. The van der Waals surface area contributed by atoms with Gasteiger partial charge in [0, 0.05) is 24.6 Å². The second kappa shape index (κ2) is 11.5. The van der Waals surface area contributed by atoms with Gasteiger partial charge in [0.25, 0.3) is 0 Å². The molecule has 1 aliphatic heterocycles.